The molecule has 0 saturated carbocycles. The Morgan fingerprint density at radius 1 is 1.08 bits per heavy atom. The highest BCUT2D eigenvalue weighted by atomic mass is 19.4. The molecule has 138 valence electrons. The van der Waals surface area contributed by atoms with Crippen LogP contribution in [0.4, 0.5) is 13.2 Å². The highest BCUT2D eigenvalue weighted by Gasteiger charge is 2.48. The SMILES string of the molecule is O=C(C1CCCN1C(=O)C(F)(F)F)N1CCn2c(cc3ccccc32)C1. The third-order valence-electron chi connectivity index (χ3n) is 5.20. The van der Waals surface area contributed by atoms with Crippen molar-refractivity contribution in [3.8, 4) is 0 Å². The standard InChI is InChI=1S/C18H18F3N3O2/c19-18(20,21)17(26)24-7-3-6-15(24)16(25)22-8-9-23-13(11-22)10-12-4-1-2-5-14(12)23/h1-2,4-5,10,15H,3,6-9,11H2. The summed E-state index contributed by atoms with van der Waals surface area (Å²) in [7, 11) is 0. The van der Waals surface area contributed by atoms with Gasteiger partial charge in [-0.3, -0.25) is 9.59 Å². The molecule has 1 unspecified atom stereocenters. The van der Waals surface area contributed by atoms with Crippen molar-refractivity contribution in [1.29, 1.82) is 0 Å². The number of likely N-dealkylation sites (tertiary alicyclic amines) is 1. The van der Waals surface area contributed by atoms with E-state index in [9.17, 15) is 22.8 Å². The van der Waals surface area contributed by atoms with E-state index in [4.69, 9.17) is 0 Å². The van der Waals surface area contributed by atoms with E-state index in [0.717, 1.165) is 16.6 Å². The molecule has 26 heavy (non-hydrogen) atoms. The van der Waals surface area contributed by atoms with Gasteiger partial charge in [0.05, 0.1) is 6.54 Å². The highest BCUT2D eigenvalue weighted by Crippen LogP contribution is 2.29. The van der Waals surface area contributed by atoms with Crippen LogP contribution < -0.4 is 0 Å². The first-order valence-corrected chi connectivity index (χ1v) is 8.60. The quantitative estimate of drug-likeness (QED) is 0.780. The second-order valence-electron chi connectivity index (χ2n) is 6.76. The third-order valence-corrected chi connectivity index (χ3v) is 5.20. The van der Waals surface area contributed by atoms with Crippen molar-refractivity contribution in [2.45, 2.75) is 38.1 Å². The van der Waals surface area contributed by atoms with Crippen molar-refractivity contribution in [2.75, 3.05) is 13.1 Å². The van der Waals surface area contributed by atoms with Gasteiger partial charge in [-0.15, -0.1) is 0 Å². The van der Waals surface area contributed by atoms with Crippen molar-refractivity contribution in [3.05, 3.63) is 36.0 Å². The first-order valence-electron chi connectivity index (χ1n) is 8.60. The Morgan fingerprint density at radius 3 is 2.62 bits per heavy atom. The summed E-state index contributed by atoms with van der Waals surface area (Å²) in [4.78, 5) is 26.7. The predicted octanol–water partition coefficient (Wildman–Crippen LogP) is 2.54. The summed E-state index contributed by atoms with van der Waals surface area (Å²) in [6, 6.07) is 8.88. The molecule has 1 atom stereocenters. The fraction of sp³-hybridized carbons (Fsp3) is 0.444. The third kappa shape index (κ3) is 2.73. The molecule has 1 aromatic carbocycles. The smallest absolute Gasteiger partial charge is 0.341 e. The number of benzene rings is 1. The number of carbonyl (C=O) groups is 2. The Bertz CT molecular complexity index is 874. The molecule has 4 rings (SSSR count). The predicted molar refractivity (Wildman–Crippen MR) is 88.1 cm³/mol. The van der Waals surface area contributed by atoms with Gasteiger partial charge in [0.1, 0.15) is 6.04 Å². The van der Waals surface area contributed by atoms with Crippen LogP contribution in [0.25, 0.3) is 10.9 Å². The van der Waals surface area contributed by atoms with E-state index in [2.05, 4.69) is 4.57 Å². The molecule has 1 aromatic heterocycles. The van der Waals surface area contributed by atoms with Crippen LogP contribution in [0.5, 0.6) is 0 Å². The topological polar surface area (TPSA) is 45.6 Å². The molecule has 1 saturated heterocycles. The Labute approximate surface area is 148 Å². The average molecular weight is 365 g/mol. The number of hydrogen-bond acceptors (Lipinski definition) is 2. The normalized spacial score (nSPS) is 20.5. The number of aromatic nitrogens is 1. The van der Waals surface area contributed by atoms with Crippen LogP contribution in [0.3, 0.4) is 0 Å². The first-order chi connectivity index (χ1) is 12.4. The van der Waals surface area contributed by atoms with E-state index in [1.54, 1.807) is 4.90 Å². The van der Waals surface area contributed by atoms with Crippen LogP contribution in [0.1, 0.15) is 18.5 Å². The zero-order valence-corrected chi connectivity index (χ0v) is 14.0. The summed E-state index contributed by atoms with van der Waals surface area (Å²) in [6.45, 7) is 1.34. The van der Waals surface area contributed by atoms with Crippen molar-refractivity contribution >= 4 is 22.7 Å². The number of amides is 2. The molecule has 0 N–H and O–H groups in total. The maximum absolute atomic E-state index is 12.8. The number of carbonyl (C=O) groups excluding carboxylic acids is 2. The van der Waals surface area contributed by atoms with Crippen LogP contribution in [0.2, 0.25) is 0 Å². The number of nitrogens with zero attached hydrogens (tertiary/aromatic N) is 3. The zero-order valence-electron chi connectivity index (χ0n) is 14.0. The van der Waals surface area contributed by atoms with Gasteiger partial charge in [-0.05, 0) is 30.4 Å². The van der Waals surface area contributed by atoms with Crippen molar-refractivity contribution in [2.24, 2.45) is 0 Å². The number of rotatable bonds is 1. The molecule has 2 aromatic rings. The zero-order chi connectivity index (χ0) is 18.5. The molecule has 2 aliphatic heterocycles. The summed E-state index contributed by atoms with van der Waals surface area (Å²) in [5.74, 6) is -2.31. The van der Waals surface area contributed by atoms with Crippen LogP contribution >= 0.6 is 0 Å². The van der Waals surface area contributed by atoms with E-state index in [1.807, 2.05) is 30.3 Å². The molecule has 1 fully saturated rings. The first kappa shape index (κ1) is 16.9. The molecule has 3 heterocycles. The Hall–Kier alpha value is -2.51. The minimum Gasteiger partial charge on any atom is -0.341 e. The van der Waals surface area contributed by atoms with Gasteiger partial charge in [0.15, 0.2) is 0 Å². The number of halogens is 3. The molecule has 2 aliphatic rings. The summed E-state index contributed by atoms with van der Waals surface area (Å²) in [5, 5.41) is 1.08. The van der Waals surface area contributed by atoms with Crippen molar-refractivity contribution in [3.63, 3.8) is 0 Å². The average Bonchev–Trinajstić information content (AvgIpc) is 3.23. The van der Waals surface area contributed by atoms with E-state index < -0.39 is 24.0 Å². The summed E-state index contributed by atoms with van der Waals surface area (Å²) in [5.41, 5.74) is 2.04. The minimum atomic E-state index is -4.95. The van der Waals surface area contributed by atoms with Crippen LogP contribution in [0, 0.1) is 0 Å². The lowest BCUT2D eigenvalue weighted by atomic mass is 10.1. The van der Waals surface area contributed by atoms with Crippen molar-refractivity contribution < 1.29 is 22.8 Å². The molecular weight excluding hydrogens is 347 g/mol. The molecule has 0 bridgehead atoms. The van der Waals surface area contributed by atoms with Crippen LogP contribution in [-0.2, 0) is 22.7 Å². The summed E-state index contributed by atoms with van der Waals surface area (Å²) in [6.07, 6.45) is -4.26. The molecule has 2 amide bonds. The lowest BCUT2D eigenvalue weighted by Gasteiger charge is -2.33. The largest absolute Gasteiger partial charge is 0.471 e. The number of alkyl halides is 3. The molecule has 8 heteroatoms. The highest BCUT2D eigenvalue weighted by molar-refractivity contribution is 5.90. The second-order valence-corrected chi connectivity index (χ2v) is 6.76. The summed E-state index contributed by atoms with van der Waals surface area (Å²) >= 11 is 0. The fourth-order valence-electron chi connectivity index (χ4n) is 3.99. The van der Waals surface area contributed by atoms with Crippen LogP contribution in [-0.4, -0.2) is 51.5 Å². The Morgan fingerprint density at radius 2 is 1.85 bits per heavy atom. The molecule has 0 radical (unpaired) electrons. The summed E-state index contributed by atoms with van der Waals surface area (Å²) < 4.78 is 40.5. The monoisotopic (exact) mass is 365 g/mol. The van der Waals surface area contributed by atoms with Gasteiger partial charge < -0.3 is 14.4 Å². The van der Waals surface area contributed by atoms with Crippen molar-refractivity contribution in [1.82, 2.24) is 14.4 Å². The molecule has 0 spiro atoms. The van der Waals surface area contributed by atoms with E-state index in [1.165, 1.54) is 0 Å². The number of fused-ring (bicyclic) bond motifs is 3. The number of hydrogen-bond donors (Lipinski definition) is 0. The van der Waals surface area contributed by atoms with E-state index >= 15 is 0 Å². The molecule has 5 nitrogen and oxygen atoms in total. The number of para-hydroxylation sites is 1. The van der Waals surface area contributed by atoms with Gasteiger partial charge in [-0.25, -0.2) is 0 Å². The van der Waals surface area contributed by atoms with Gasteiger partial charge in [0.25, 0.3) is 0 Å². The van der Waals surface area contributed by atoms with Gasteiger partial charge >= 0.3 is 12.1 Å². The van der Waals surface area contributed by atoms with E-state index in [0.29, 0.717) is 31.0 Å². The van der Waals surface area contributed by atoms with Gasteiger partial charge in [0.2, 0.25) is 5.91 Å². The lowest BCUT2D eigenvalue weighted by Crippen LogP contribution is -2.52. The maximum atomic E-state index is 12.8. The van der Waals surface area contributed by atoms with Gasteiger partial charge in [-0.1, -0.05) is 18.2 Å². The maximum Gasteiger partial charge on any atom is 0.471 e. The van der Waals surface area contributed by atoms with Crippen LogP contribution in [0.15, 0.2) is 30.3 Å². The molecule has 0 aliphatic carbocycles. The molecular formula is C18H18F3N3O2. The Kier molecular flexibility index (Phi) is 3.93. The van der Waals surface area contributed by atoms with Gasteiger partial charge in [-0.2, -0.15) is 13.2 Å². The lowest BCUT2D eigenvalue weighted by molar-refractivity contribution is -0.187. The fourth-order valence-corrected chi connectivity index (χ4v) is 3.99. The Balaban J connectivity index is 1.55. The minimum absolute atomic E-state index is 0.0249. The van der Waals surface area contributed by atoms with Gasteiger partial charge in [0, 0.05) is 30.8 Å². The van der Waals surface area contributed by atoms with E-state index in [-0.39, 0.29) is 13.0 Å². The second kappa shape index (κ2) is 6.03.